The molecule has 0 bridgehead atoms. The molecule has 0 aliphatic heterocycles. The molecule has 1 aliphatic rings. The summed E-state index contributed by atoms with van der Waals surface area (Å²) in [4.78, 5) is 6.22. The molecular formula is C24H25N3O2S. The van der Waals surface area contributed by atoms with E-state index in [9.17, 15) is 0 Å². The van der Waals surface area contributed by atoms with Crippen LogP contribution in [0.1, 0.15) is 42.9 Å². The first-order valence-corrected chi connectivity index (χ1v) is 11.3. The molecule has 0 amide bonds. The van der Waals surface area contributed by atoms with E-state index >= 15 is 0 Å². The standard InChI is InChI=1S/C24H25N3O2S/c1-28-23-14-21(26-24-20(15-25-27(23)24)22-11-6-12-30-22)18-9-5-10-19(13-18)29-16-17-7-3-2-4-8-17/h2-4,6-8,11-12,14-15,18-19H,5,9-10,13,16H2,1H3. The zero-order valence-electron chi connectivity index (χ0n) is 17.0. The maximum absolute atomic E-state index is 6.26. The van der Waals surface area contributed by atoms with Crippen molar-refractivity contribution < 1.29 is 9.47 Å². The first-order valence-electron chi connectivity index (χ1n) is 10.4. The Bertz CT molecular complexity index is 1110. The molecule has 3 heterocycles. The molecule has 1 aromatic carbocycles. The molecule has 2 atom stereocenters. The fourth-order valence-electron chi connectivity index (χ4n) is 4.27. The van der Waals surface area contributed by atoms with Crippen LogP contribution >= 0.6 is 11.3 Å². The molecule has 30 heavy (non-hydrogen) atoms. The zero-order chi connectivity index (χ0) is 20.3. The molecule has 5 rings (SSSR count). The van der Waals surface area contributed by atoms with Crippen molar-refractivity contribution in [3.05, 3.63) is 71.4 Å². The third-order valence-electron chi connectivity index (χ3n) is 5.83. The number of aromatic nitrogens is 3. The Balaban J connectivity index is 1.40. The van der Waals surface area contributed by atoms with Gasteiger partial charge in [-0.2, -0.15) is 9.61 Å². The van der Waals surface area contributed by atoms with Crippen molar-refractivity contribution in [1.29, 1.82) is 0 Å². The minimum absolute atomic E-state index is 0.259. The number of hydrogen-bond acceptors (Lipinski definition) is 5. The van der Waals surface area contributed by atoms with E-state index in [1.807, 2.05) is 18.3 Å². The molecule has 2 unspecified atom stereocenters. The topological polar surface area (TPSA) is 48.7 Å². The van der Waals surface area contributed by atoms with Crippen LogP contribution in [0.3, 0.4) is 0 Å². The summed E-state index contributed by atoms with van der Waals surface area (Å²) in [5.74, 6) is 1.09. The molecule has 1 saturated carbocycles. The predicted octanol–water partition coefficient (Wildman–Crippen LogP) is 5.71. The van der Waals surface area contributed by atoms with Gasteiger partial charge in [-0.3, -0.25) is 0 Å². The molecule has 1 fully saturated rings. The second-order valence-electron chi connectivity index (χ2n) is 7.78. The second kappa shape index (κ2) is 8.58. The molecule has 1 aliphatic carbocycles. The lowest BCUT2D eigenvalue weighted by molar-refractivity contribution is 0.0111. The quantitative estimate of drug-likeness (QED) is 0.402. The van der Waals surface area contributed by atoms with Crippen LogP contribution in [0.15, 0.2) is 60.1 Å². The number of ether oxygens (including phenoxy) is 2. The molecule has 0 saturated heterocycles. The molecule has 5 nitrogen and oxygen atoms in total. The summed E-state index contributed by atoms with van der Waals surface area (Å²) in [6.45, 7) is 0.666. The number of methoxy groups -OCH3 is 1. The molecule has 0 radical (unpaired) electrons. The van der Waals surface area contributed by atoms with E-state index in [4.69, 9.17) is 14.5 Å². The van der Waals surface area contributed by atoms with E-state index in [0.29, 0.717) is 12.5 Å². The number of hydrogen-bond donors (Lipinski definition) is 0. The van der Waals surface area contributed by atoms with Gasteiger partial charge in [0.05, 0.1) is 37.3 Å². The highest BCUT2D eigenvalue weighted by Crippen LogP contribution is 2.37. The van der Waals surface area contributed by atoms with Gasteiger partial charge < -0.3 is 9.47 Å². The van der Waals surface area contributed by atoms with E-state index in [-0.39, 0.29) is 6.10 Å². The van der Waals surface area contributed by atoms with E-state index in [1.54, 1.807) is 23.0 Å². The first-order chi connectivity index (χ1) is 14.8. The van der Waals surface area contributed by atoms with Gasteiger partial charge in [0.25, 0.3) is 0 Å². The largest absolute Gasteiger partial charge is 0.481 e. The van der Waals surface area contributed by atoms with Crippen molar-refractivity contribution >= 4 is 17.0 Å². The van der Waals surface area contributed by atoms with Gasteiger partial charge >= 0.3 is 0 Å². The van der Waals surface area contributed by atoms with Crippen LogP contribution in [0.2, 0.25) is 0 Å². The van der Waals surface area contributed by atoms with E-state index in [2.05, 4.69) is 46.9 Å². The van der Waals surface area contributed by atoms with Crippen LogP contribution in [0, 0.1) is 0 Å². The minimum atomic E-state index is 0.259. The number of thiophene rings is 1. The predicted molar refractivity (Wildman–Crippen MR) is 119 cm³/mol. The first kappa shape index (κ1) is 19.3. The summed E-state index contributed by atoms with van der Waals surface area (Å²) in [7, 11) is 1.69. The average Bonchev–Trinajstić information content (AvgIpc) is 3.47. The van der Waals surface area contributed by atoms with Crippen molar-refractivity contribution in [2.75, 3.05) is 7.11 Å². The number of nitrogens with zero attached hydrogens (tertiary/aromatic N) is 3. The maximum Gasteiger partial charge on any atom is 0.217 e. The minimum Gasteiger partial charge on any atom is -0.481 e. The summed E-state index contributed by atoms with van der Waals surface area (Å²) in [6.07, 6.45) is 6.51. The summed E-state index contributed by atoms with van der Waals surface area (Å²) in [5.41, 5.74) is 4.21. The Kier molecular flexibility index (Phi) is 5.51. The molecular weight excluding hydrogens is 394 g/mol. The Morgan fingerprint density at radius 3 is 2.83 bits per heavy atom. The lowest BCUT2D eigenvalue weighted by Crippen LogP contribution is -2.22. The van der Waals surface area contributed by atoms with Crippen molar-refractivity contribution in [3.8, 4) is 16.3 Å². The normalized spacial score (nSPS) is 19.2. The van der Waals surface area contributed by atoms with Crippen LogP contribution < -0.4 is 4.74 Å². The van der Waals surface area contributed by atoms with E-state index < -0.39 is 0 Å². The molecule has 3 aromatic heterocycles. The molecule has 0 spiro atoms. The maximum atomic E-state index is 6.26. The van der Waals surface area contributed by atoms with Crippen LogP contribution in [-0.4, -0.2) is 27.8 Å². The SMILES string of the molecule is COc1cc(C2CCCC(OCc3ccccc3)C2)nc2c(-c3cccs3)cnn12. The third kappa shape index (κ3) is 3.85. The molecule has 0 N–H and O–H groups in total. The van der Waals surface area contributed by atoms with Crippen LogP contribution in [-0.2, 0) is 11.3 Å². The molecule has 6 heteroatoms. The van der Waals surface area contributed by atoms with Gasteiger partial charge in [0, 0.05) is 16.9 Å². The summed E-state index contributed by atoms with van der Waals surface area (Å²) >= 11 is 1.70. The number of rotatable bonds is 6. The second-order valence-corrected chi connectivity index (χ2v) is 8.72. The van der Waals surface area contributed by atoms with Crippen LogP contribution in [0.5, 0.6) is 5.88 Å². The average molecular weight is 420 g/mol. The zero-order valence-corrected chi connectivity index (χ0v) is 17.8. The lowest BCUT2D eigenvalue weighted by Gasteiger charge is -2.29. The van der Waals surface area contributed by atoms with Gasteiger partial charge in [-0.05, 0) is 36.3 Å². The van der Waals surface area contributed by atoms with Gasteiger partial charge in [-0.1, -0.05) is 42.8 Å². The number of fused-ring (bicyclic) bond motifs is 1. The lowest BCUT2D eigenvalue weighted by atomic mass is 9.85. The third-order valence-corrected chi connectivity index (χ3v) is 6.73. The highest BCUT2D eigenvalue weighted by Gasteiger charge is 2.26. The van der Waals surface area contributed by atoms with Crippen molar-refractivity contribution in [1.82, 2.24) is 14.6 Å². The fraction of sp³-hybridized carbons (Fsp3) is 0.333. The Labute approximate surface area is 180 Å². The smallest absolute Gasteiger partial charge is 0.217 e. The monoisotopic (exact) mass is 419 g/mol. The fourth-order valence-corrected chi connectivity index (χ4v) is 5.00. The van der Waals surface area contributed by atoms with Gasteiger partial charge in [-0.25, -0.2) is 4.98 Å². The highest BCUT2D eigenvalue weighted by atomic mass is 32.1. The van der Waals surface area contributed by atoms with Gasteiger partial charge in [0.2, 0.25) is 5.88 Å². The van der Waals surface area contributed by atoms with Crippen LogP contribution in [0.25, 0.3) is 16.1 Å². The highest BCUT2D eigenvalue weighted by molar-refractivity contribution is 7.13. The van der Waals surface area contributed by atoms with Gasteiger partial charge in [0.1, 0.15) is 0 Å². The Hall–Kier alpha value is -2.70. The van der Waals surface area contributed by atoms with Crippen molar-refractivity contribution in [2.45, 2.75) is 44.3 Å². The number of benzene rings is 1. The summed E-state index contributed by atoms with van der Waals surface area (Å²) in [6, 6.07) is 16.6. The van der Waals surface area contributed by atoms with E-state index in [0.717, 1.165) is 48.5 Å². The van der Waals surface area contributed by atoms with Gasteiger partial charge in [0.15, 0.2) is 5.65 Å². The molecule has 154 valence electrons. The van der Waals surface area contributed by atoms with E-state index in [1.165, 1.54) is 10.4 Å². The Morgan fingerprint density at radius 1 is 1.13 bits per heavy atom. The molecule has 4 aromatic rings. The Morgan fingerprint density at radius 2 is 2.03 bits per heavy atom. The summed E-state index contributed by atoms with van der Waals surface area (Å²) in [5, 5.41) is 6.60. The van der Waals surface area contributed by atoms with Gasteiger partial charge in [-0.15, -0.1) is 11.3 Å². The van der Waals surface area contributed by atoms with Crippen molar-refractivity contribution in [3.63, 3.8) is 0 Å². The van der Waals surface area contributed by atoms with Crippen molar-refractivity contribution in [2.24, 2.45) is 0 Å². The van der Waals surface area contributed by atoms with Crippen LogP contribution in [0.4, 0.5) is 0 Å². The summed E-state index contributed by atoms with van der Waals surface area (Å²) < 4.78 is 13.7.